The fourth-order valence-electron chi connectivity index (χ4n) is 3.45. The molecule has 2 N–H and O–H groups in total. The van der Waals surface area contributed by atoms with Crippen LogP contribution in [-0.4, -0.2) is 51.5 Å². The van der Waals surface area contributed by atoms with Crippen molar-refractivity contribution in [2.45, 2.75) is 39.7 Å². The molecule has 0 amide bonds. The van der Waals surface area contributed by atoms with Crippen molar-refractivity contribution in [3.05, 3.63) is 57.4 Å². The second-order valence-electron chi connectivity index (χ2n) is 7.38. The summed E-state index contributed by atoms with van der Waals surface area (Å²) < 4.78 is 16.1. The van der Waals surface area contributed by atoms with Gasteiger partial charge in [0.15, 0.2) is 0 Å². The average molecular weight is 451 g/mol. The molecule has 2 rings (SSSR count). The Hall–Kier alpha value is -2.35. The lowest BCUT2D eigenvalue weighted by molar-refractivity contribution is -0.139. The predicted octanol–water partition coefficient (Wildman–Crippen LogP) is 3.31. The van der Waals surface area contributed by atoms with Gasteiger partial charge in [-0.25, -0.2) is 9.59 Å². The summed E-state index contributed by atoms with van der Waals surface area (Å²) in [6.07, 6.45) is 0. The van der Waals surface area contributed by atoms with E-state index in [9.17, 15) is 9.59 Å². The van der Waals surface area contributed by atoms with Gasteiger partial charge in [0.25, 0.3) is 0 Å². The molecule has 1 aromatic carbocycles. The Morgan fingerprint density at radius 3 is 2.52 bits per heavy atom. The Labute approximate surface area is 188 Å². The van der Waals surface area contributed by atoms with Crippen LogP contribution in [0, 0.1) is 0 Å². The number of ether oxygens (including phenoxy) is 3. The van der Waals surface area contributed by atoms with Crippen LogP contribution < -0.4 is 10.6 Å². The van der Waals surface area contributed by atoms with E-state index < -0.39 is 17.9 Å². The van der Waals surface area contributed by atoms with Gasteiger partial charge in [0, 0.05) is 23.3 Å². The summed E-state index contributed by atoms with van der Waals surface area (Å²) >= 11 is 6.48. The Bertz CT molecular complexity index is 863. The largest absolute Gasteiger partial charge is 0.466 e. The monoisotopic (exact) mass is 450 g/mol. The number of allylic oxidation sites excluding steroid dienone is 1. The van der Waals surface area contributed by atoms with Crippen molar-refractivity contribution in [2.75, 3.05) is 33.5 Å². The van der Waals surface area contributed by atoms with Gasteiger partial charge in [-0.1, -0.05) is 43.6 Å². The van der Waals surface area contributed by atoms with E-state index in [2.05, 4.69) is 24.5 Å². The number of hydrogen-bond donors (Lipinski definition) is 2. The predicted molar refractivity (Wildman–Crippen MR) is 120 cm³/mol. The fourth-order valence-corrected chi connectivity index (χ4v) is 3.70. The Balaban J connectivity index is 2.49. The van der Waals surface area contributed by atoms with E-state index in [4.69, 9.17) is 25.8 Å². The second-order valence-corrected chi connectivity index (χ2v) is 7.79. The molecule has 1 aliphatic rings. The van der Waals surface area contributed by atoms with Gasteiger partial charge in [0.2, 0.25) is 0 Å². The van der Waals surface area contributed by atoms with Gasteiger partial charge in [-0.3, -0.25) is 0 Å². The lowest BCUT2D eigenvalue weighted by atomic mass is 9.80. The highest BCUT2D eigenvalue weighted by molar-refractivity contribution is 6.31. The van der Waals surface area contributed by atoms with E-state index in [-0.39, 0.29) is 18.8 Å². The number of methoxy groups -OCH3 is 1. The first-order valence-electron chi connectivity index (χ1n) is 10.3. The number of carbonyl (C=O) groups excluding carboxylic acids is 2. The highest BCUT2D eigenvalue weighted by Gasteiger charge is 2.39. The third kappa shape index (κ3) is 6.32. The molecule has 0 saturated carbocycles. The van der Waals surface area contributed by atoms with Crippen LogP contribution in [0.2, 0.25) is 5.02 Å². The van der Waals surface area contributed by atoms with Gasteiger partial charge >= 0.3 is 11.9 Å². The molecular formula is C23H31ClN2O5. The number of esters is 2. The molecule has 0 radical (unpaired) electrons. The molecular weight excluding hydrogens is 420 g/mol. The minimum Gasteiger partial charge on any atom is -0.466 e. The Morgan fingerprint density at radius 1 is 1.19 bits per heavy atom. The average Bonchev–Trinajstić information content (AvgIpc) is 2.72. The quantitative estimate of drug-likeness (QED) is 0.417. The summed E-state index contributed by atoms with van der Waals surface area (Å²) in [7, 11) is 1.30. The first kappa shape index (κ1) is 24.9. The maximum absolute atomic E-state index is 12.9. The number of nitrogens with one attached hydrogen (secondary N) is 2. The zero-order valence-electron chi connectivity index (χ0n) is 18.7. The molecule has 170 valence electrons. The van der Waals surface area contributed by atoms with Crippen LogP contribution in [0.5, 0.6) is 0 Å². The summed E-state index contributed by atoms with van der Waals surface area (Å²) in [4.78, 5) is 25.7. The molecule has 0 fully saturated rings. The Morgan fingerprint density at radius 2 is 1.90 bits per heavy atom. The molecule has 0 bridgehead atoms. The normalized spacial score (nSPS) is 16.4. The molecule has 8 heteroatoms. The first-order valence-corrected chi connectivity index (χ1v) is 10.7. The molecule has 0 saturated heterocycles. The van der Waals surface area contributed by atoms with Crippen LogP contribution in [0.15, 0.2) is 46.8 Å². The minimum atomic E-state index is -0.742. The summed E-state index contributed by atoms with van der Waals surface area (Å²) in [5.41, 5.74) is 2.33. The van der Waals surface area contributed by atoms with Crippen molar-refractivity contribution >= 4 is 23.5 Å². The van der Waals surface area contributed by atoms with E-state index in [1.165, 1.54) is 7.11 Å². The van der Waals surface area contributed by atoms with Crippen LogP contribution in [0.4, 0.5) is 0 Å². The number of benzene rings is 1. The minimum absolute atomic E-state index is 0.151. The Kier molecular flexibility index (Phi) is 9.55. The molecule has 1 aliphatic heterocycles. The van der Waals surface area contributed by atoms with Gasteiger partial charge in [-0.15, -0.1) is 0 Å². The van der Waals surface area contributed by atoms with Gasteiger partial charge in [-0.2, -0.15) is 0 Å². The number of carbonyl (C=O) groups is 2. The van der Waals surface area contributed by atoms with Gasteiger partial charge in [-0.05, 0) is 25.5 Å². The molecule has 1 heterocycles. The molecule has 0 aliphatic carbocycles. The summed E-state index contributed by atoms with van der Waals surface area (Å²) in [6.45, 7) is 9.11. The zero-order chi connectivity index (χ0) is 23.0. The van der Waals surface area contributed by atoms with Gasteiger partial charge < -0.3 is 24.8 Å². The SMILES string of the molecule is CCOC(=O)C1=C(C)NC(COCCNC(C)C)=C(C(=O)OC)C1c1ccccc1Cl. The molecule has 31 heavy (non-hydrogen) atoms. The van der Waals surface area contributed by atoms with E-state index in [1.807, 2.05) is 6.07 Å². The topological polar surface area (TPSA) is 85.9 Å². The smallest absolute Gasteiger partial charge is 0.336 e. The van der Waals surface area contributed by atoms with E-state index in [0.29, 0.717) is 46.7 Å². The first-order chi connectivity index (χ1) is 14.8. The van der Waals surface area contributed by atoms with Gasteiger partial charge in [0.05, 0.1) is 49.7 Å². The maximum atomic E-state index is 12.9. The van der Waals surface area contributed by atoms with E-state index in [1.54, 1.807) is 32.0 Å². The summed E-state index contributed by atoms with van der Waals surface area (Å²) in [5, 5.41) is 6.87. The van der Waals surface area contributed by atoms with Crippen LogP contribution in [-0.2, 0) is 23.8 Å². The number of rotatable bonds is 10. The highest BCUT2D eigenvalue weighted by Crippen LogP contribution is 2.41. The molecule has 1 unspecified atom stereocenters. The third-order valence-corrected chi connectivity index (χ3v) is 5.15. The number of dihydropyridines is 1. The van der Waals surface area contributed by atoms with Crippen LogP contribution in [0.25, 0.3) is 0 Å². The summed E-state index contributed by atoms with van der Waals surface area (Å²) in [5.74, 6) is -1.82. The number of hydrogen-bond acceptors (Lipinski definition) is 7. The standard InChI is InChI=1S/C23H31ClN2O5/c1-6-31-23(28)19-15(4)26-18(13-30-12-11-25-14(2)3)21(22(27)29-5)20(19)16-9-7-8-10-17(16)24/h7-10,14,20,25-26H,6,11-13H2,1-5H3. The van der Waals surface area contributed by atoms with E-state index >= 15 is 0 Å². The zero-order valence-corrected chi connectivity index (χ0v) is 19.5. The molecule has 0 spiro atoms. The lowest BCUT2D eigenvalue weighted by Crippen LogP contribution is -2.35. The molecule has 1 aromatic rings. The van der Waals surface area contributed by atoms with Crippen molar-refractivity contribution in [1.82, 2.24) is 10.6 Å². The van der Waals surface area contributed by atoms with Crippen LogP contribution in [0.1, 0.15) is 39.2 Å². The van der Waals surface area contributed by atoms with Crippen molar-refractivity contribution in [3.8, 4) is 0 Å². The lowest BCUT2D eigenvalue weighted by Gasteiger charge is -2.31. The van der Waals surface area contributed by atoms with Crippen molar-refractivity contribution in [3.63, 3.8) is 0 Å². The molecule has 1 atom stereocenters. The van der Waals surface area contributed by atoms with Crippen molar-refractivity contribution in [2.24, 2.45) is 0 Å². The number of halogens is 1. The van der Waals surface area contributed by atoms with Crippen LogP contribution in [0.3, 0.4) is 0 Å². The molecule has 7 nitrogen and oxygen atoms in total. The molecule has 0 aromatic heterocycles. The van der Waals surface area contributed by atoms with E-state index in [0.717, 1.165) is 0 Å². The fraction of sp³-hybridized carbons (Fsp3) is 0.478. The summed E-state index contributed by atoms with van der Waals surface area (Å²) in [6, 6.07) is 7.46. The van der Waals surface area contributed by atoms with Crippen molar-refractivity contribution in [1.29, 1.82) is 0 Å². The van der Waals surface area contributed by atoms with Crippen LogP contribution >= 0.6 is 11.6 Å². The van der Waals surface area contributed by atoms with Crippen molar-refractivity contribution < 1.29 is 23.8 Å². The maximum Gasteiger partial charge on any atom is 0.336 e. The third-order valence-electron chi connectivity index (χ3n) is 4.81. The second kappa shape index (κ2) is 11.9. The van der Waals surface area contributed by atoms with Gasteiger partial charge in [0.1, 0.15) is 0 Å². The highest BCUT2D eigenvalue weighted by atomic mass is 35.5.